The molecule has 0 aliphatic carbocycles. The van der Waals surface area contributed by atoms with Crippen LogP contribution in [0.1, 0.15) is 5.56 Å². The van der Waals surface area contributed by atoms with E-state index in [4.69, 9.17) is 17.3 Å². The highest BCUT2D eigenvalue weighted by atomic mass is 35.5. The molecule has 0 aliphatic heterocycles. The highest BCUT2D eigenvalue weighted by molar-refractivity contribution is 6.31. The molecule has 5 nitrogen and oxygen atoms in total. The summed E-state index contributed by atoms with van der Waals surface area (Å²) in [5, 5.41) is 1.05. The predicted octanol–water partition coefficient (Wildman–Crippen LogP) is 2.08. The first-order valence-corrected chi connectivity index (χ1v) is 6.37. The van der Waals surface area contributed by atoms with Crippen molar-refractivity contribution in [2.24, 2.45) is 0 Å². The molecule has 0 radical (unpaired) electrons. The van der Waals surface area contributed by atoms with E-state index >= 15 is 0 Å². The molecule has 0 saturated carbocycles. The summed E-state index contributed by atoms with van der Waals surface area (Å²) in [5.41, 5.74) is 7.00. The van der Waals surface area contributed by atoms with Crippen molar-refractivity contribution in [2.75, 3.05) is 5.73 Å². The number of para-hydroxylation sites is 1. The smallest absolute Gasteiger partial charge is 0.278 e. The van der Waals surface area contributed by atoms with Gasteiger partial charge >= 0.3 is 0 Å². The van der Waals surface area contributed by atoms with Crippen LogP contribution < -0.4 is 11.3 Å². The molecule has 2 aromatic heterocycles. The van der Waals surface area contributed by atoms with Crippen molar-refractivity contribution in [1.29, 1.82) is 0 Å². The molecule has 0 unspecified atom stereocenters. The van der Waals surface area contributed by atoms with Crippen LogP contribution in [0, 0.1) is 0 Å². The zero-order valence-electron chi connectivity index (χ0n) is 10.5. The predicted molar refractivity (Wildman–Crippen MR) is 78.8 cm³/mol. The van der Waals surface area contributed by atoms with Crippen molar-refractivity contribution in [1.82, 2.24) is 14.5 Å². The Balaban J connectivity index is 2.11. The van der Waals surface area contributed by atoms with Crippen LogP contribution in [-0.2, 0) is 6.54 Å². The van der Waals surface area contributed by atoms with Gasteiger partial charge in [-0.25, -0.2) is 4.98 Å². The van der Waals surface area contributed by atoms with Crippen molar-refractivity contribution in [3.05, 3.63) is 63.9 Å². The van der Waals surface area contributed by atoms with Crippen LogP contribution in [0.3, 0.4) is 0 Å². The summed E-state index contributed by atoms with van der Waals surface area (Å²) in [4.78, 5) is 20.3. The number of fused-ring (bicyclic) bond motifs is 1. The second-order valence-electron chi connectivity index (χ2n) is 4.37. The molecule has 3 aromatic rings. The standard InChI is InChI=1S/C14H11ClN4O/c15-13-11(16)14(20)19(8-18-13)7-10-4-1-3-9-5-2-6-17-12(9)10/h1-6,8H,7,16H2. The second kappa shape index (κ2) is 4.94. The number of nitrogens with zero attached hydrogens (tertiary/aromatic N) is 3. The first-order chi connectivity index (χ1) is 9.66. The van der Waals surface area contributed by atoms with Crippen molar-refractivity contribution in [2.45, 2.75) is 6.54 Å². The summed E-state index contributed by atoms with van der Waals surface area (Å²) in [5.74, 6) is 0. The molecule has 1 aromatic carbocycles. The third-order valence-electron chi connectivity index (χ3n) is 3.08. The Kier molecular flexibility index (Phi) is 3.12. The fraction of sp³-hybridized carbons (Fsp3) is 0.0714. The van der Waals surface area contributed by atoms with E-state index in [0.29, 0.717) is 6.54 Å². The van der Waals surface area contributed by atoms with Gasteiger partial charge in [0, 0.05) is 11.6 Å². The zero-order valence-corrected chi connectivity index (χ0v) is 11.2. The Bertz CT molecular complexity index is 839. The molecule has 2 heterocycles. The summed E-state index contributed by atoms with van der Waals surface area (Å²) in [6.07, 6.45) is 3.12. The molecule has 2 N–H and O–H groups in total. The summed E-state index contributed by atoms with van der Waals surface area (Å²) in [6, 6.07) is 9.68. The third-order valence-corrected chi connectivity index (χ3v) is 3.38. The lowest BCUT2D eigenvalue weighted by molar-refractivity contribution is 0.742. The van der Waals surface area contributed by atoms with E-state index in [1.54, 1.807) is 6.20 Å². The van der Waals surface area contributed by atoms with Crippen LogP contribution >= 0.6 is 11.6 Å². The van der Waals surface area contributed by atoms with Gasteiger partial charge in [-0.3, -0.25) is 14.3 Å². The average molecular weight is 287 g/mol. The molecule has 0 aliphatic rings. The molecule has 0 fully saturated rings. The van der Waals surface area contributed by atoms with E-state index in [-0.39, 0.29) is 16.4 Å². The highest BCUT2D eigenvalue weighted by Gasteiger charge is 2.08. The van der Waals surface area contributed by atoms with Crippen LogP contribution in [0.4, 0.5) is 5.69 Å². The molecule has 100 valence electrons. The summed E-state index contributed by atoms with van der Waals surface area (Å²) in [7, 11) is 0. The quantitative estimate of drug-likeness (QED) is 0.732. The van der Waals surface area contributed by atoms with E-state index in [2.05, 4.69) is 9.97 Å². The molecular weight excluding hydrogens is 276 g/mol. The normalized spacial score (nSPS) is 10.8. The fourth-order valence-corrected chi connectivity index (χ4v) is 2.20. The van der Waals surface area contributed by atoms with Gasteiger partial charge in [-0.1, -0.05) is 35.9 Å². The van der Waals surface area contributed by atoms with Crippen molar-refractivity contribution < 1.29 is 0 Å². The Morgan fingerprint density at radius 1 is 1.20 bits per heavy atom. The van der Waals surface area contributed by atoms with E-state index in [0.717, 1.165) is 16.5 Å². The van der Waals surface area contributed by atoms with E-state index in [9.17, 15) is 4.79 Å². The lowest BCUT2D eigenvalue weighted by Crippen LogP contribution is -2.24. The molecule has 0 amide bonds. The number of anilines is 1. The van der Waals surface area contributed by atoms with Crippen molar-refractivity contribution >= 4 is 28.2 Å². The van der Waals surface area contributed by atoms with Gasteiger partial charge in [0.05, 0.1) is 18.4 Å². The number of rotatable bonds is 2. The van der Waals surface area contributed by atoms with Gasteiger partial charge in [0.2, 0.25) is 0 Å². The Labute approximate surface area is 119 Å². The summed E-state index contributed by atoms with van der Waals surface area (Å²) >= 11 is 5.72. The van der Waals surface area contributed by atoms with E-state index < -0.39 is 0 Å². The Morgan fingerprint density at radius 2 is 2.00 bits per heavy atom. The minimum Gasteiger partial charge on any atom is -0.392 e. The van der Waals surface area contributed by atoms with Gasteiger partial charge in [-0.15, -0.1) is 0 Å². The minimum absolute atomic E-state index is 0.0299. The molecule has 0 bridgehead atoms. The molecule has 0 spiro atoms. The molecular formula is C14H11ClN4O. The number of aromatic nitrogens is 3. The number of nitrogens with two attached hydrogens (primary N) is 1. The Morgan fingerprint density at radius 3 is 2.85 bits per heavy atom. The molecule has 20 heavy (non-hydrogen) atoms. The number of hydrogen-bond donors (Lipinski definition) is 1. The molecule has 6 heteroatoms. The maximum atomic E-state index is 12.0. The second-order valence-corrected chi connectivity index (χ2v) is 4.73. The Hall–Kier alpha value is -2.40. The monoisotopic (exact) mass is 286 g/mol. The van der Waals surface area contributed by atoms with Gasteiger partial charge in [-0.05, 0) is 11.6 Å². The van der Waals surface area contributed by atoms with Gasteiger partial charge in [0.1, 0.15) is 5.69 Å². The number of pyridine rings is 1. The lowest BCUT2D eigenvalue weighted by Gasteiger charge is -2.09. The summed E-state index contributed by atoms with van der Waals surface area (Å²) in [6.45, 7) is 0.349. The topological polar surface area (TPSA) is 73.8 Å². The summed E-state index contributed by atoms with van der Waals surface area (Å²) < 4.78 is 1.42. The first kappa shape index (κ1) is 12.6. The van der Waals surface area contributed by atoms with Gasteiger partial charge in [-0.2, -0.15) is 0 Å². The molecule has 0 atom stereocenters. The molecule has 0 saturated heterocycles. The minimum atomic E-state index is -0.349. The van der Waals surface area contributed by atoms with Crippen LogP contribution in [0.2, 0.25) is 5.15 Å². The lowest BCUT2D eigenvalue weighted by atomic mass is 10.1. The van der Waals surface area contributed by atoms with Crippen molar-refractivity contribution in [3.63, 3.8) is 0 Å². The first-order valence-electron chi connectivity index (χ1n) is 6.00. The van der Waals surface area contributed by atoms with Crippen LogP contribution in [-0.4, -0.2) is 14.5 Å². The highest BCUT2D eigenvalue weighted by Crippen LogP contribution is 2.17. The molecule has 3 rings (SSSR count). The van der Waals surface area contributed by atoms with Gasteiger partial charge in [0.15, 0.2) is 5.15 Å². The third kappa shape index (κ3) is 2.12. The van der Waals surface area contributed by atoms with Gasteiger partial charge < -0.3 is 5.73 Å². The number of benzene rings is 1. The number of hydrogen-bond acceptors (Lipinski definition) is 4. The largest absolute Gasteiger partial charge is 0.392 e. The zero-order chi connectivity index (χ0) is 14.1. The van der Waals surface area contributed by atoms with Crippen LogP contribution in [0.5, 0.6) is 0 Å². The van der Waals surface area contributed by atoms with Gasteiger partial charge in [0.25, 0.3) is 5.56 Å². The van der Waals surface area contributed by atoms with Crippen LogP contribution in [0.15, 0.2) is 47.7 Å². The SMILES string of the molecule is Nc1c(Cl)ncn(Cc2cccc3cccnc23)c1=O. The van der Waals surface area contributed by atoms with E-state index in [1.807, 2.05) is 30.3 Å². The fourth-order valence-electron chi connectivity index (χ4n) is 2.08. The number of nitrogen functional groups attached to an aromatic ring is 1. The maximum absolute atomic E-state index is 12.0. The van der Waals surface area contributed by atoms with Crippen LogP contribution in [0.25, 0.3) is 10.9 Å². The average Bonchev–Trinajstić information content (AvgIpc) is 2.48. The van der Waals surface area contributed by atoms with Crippen molar-refractivity contribution in [3.8, 4) is 0 Å². The number of halogens is 1. The van der Waals surface area contributed by atoms with E-state index in [1.165, 1.54) is 10.9 Å². The maximum Gasteiger partial charge on any atom is 0.278 e.